The Morgan fingerprint density at radius 2 is 1.78 bits per heavy atom. The van der Waals surface area contributed by atoms with Crippen molar-refractivity contribution in [2.45, 2.75) is 18.4 Å². The fraction of sp³-hybridized carbons (Fsp3) is 0.188. The molecule has 0 aromatic heterocycles. The topological polar surface area (TPSA) is 54.5 Å². The zero-order chi connectivity index (χ0) is 17.2. The highest BCUT2D eigenvalue weighted by Crippen LogP contribution is 2.27. The van der Waals surface area contributed by atoms with Crippen LogP contribution in [0.1, 0.15) is 22.8 Å². The van der Waals surface area contributed by atoms with Crippen LogP contribution in [-0.4, -0.2) is 25.6 Å². The summed E-state index contributed by atoms with van der Waals surface area (Å²) in [6.45, 7) is 1.47. The molecular weight excluding hydrogens is 357 g/mol. The molecule has 0 aliphatic heterocycles. The number of carbonyl (C=O) groups is 1. The number of ketones is 1. The van der Waals surface area contributed by atoms with Crippen LogP contribution in [-0.2, 0) is 16.6 Å². The monoisotopic (exact) mass is 371 g/mol. The maximum Gasteiger partial charge on any atom is 0.243 e. The molecule has 2 rings (SSSR count). The molecule has 0 bridgehead atoms. The summed E-state index contributed by atoms with van der Waals surface area (Å²) in [6.07, 6.45) is 0. The van der Waals surface area contributed by atoms with Gasteiger partial charge >= 0.3 is 0 Å². The van der Waals surface area contributed by atoms with Gasteiger partial charge in [-0.2, -0.15) is 4.31 Å². The molecule has 0 fully saturated rings. The van der Waals surface area contributed by atoms with E-state index in [9.17, 15) is 13.2 Å². The van der Waals surface area contributed by atoms with E-state index in [0.29, 0.717) is 21.2 Å². The Bertz CT molecular complexity index is 850. The van der Waals surface area contributed by atoms with Gasteiger partial charge in [-0.25, -0.2) is 8.42 Å². The van der Waals surface area contributed by atoms with E-state index in [1.54, 1.807) is 30.3 Å². The fourth-order valence-electron chi connectivity index (χ4n) is 2.05. The maximum atomic E-state index is 12.6. The number of hydrogen-bond acceptors (Lipinski definition) is 3. The predicted molar refractivity (Wildman–Crippen MR) is 91.6 cm³/mol. The summed E-state index contributed by atoms with van der Waals surface area (Å²) in [7, 11) is -2.29. The number of nitrogens with zero attached hydrogens (tertiary/aromatic N) is 1. The fourth-order valence-corrected chi connectivity index (χ4v) is 3.63. The van der Waals surface area contributed by atoms with Gasteiger partial charge in [0.15, 0.2) is 5.78 Å². The zero-order valence-electron chi connectivity index (χ0n) is 12.6. The lowest BCUT2D eigenvalue weighted by Crippen LogP contribution is -2.26. The first-order valence-corrected chi connectivity index (χ1v) is 8.93. The Morgan fingerprint density at radius 1 is 1.13 bits per heavy atom. The van der Waals surface area contributed by atoms with Crippen molar-refractivity contribution in [1.29, 1.82) is 0 Å². The minimum atomic E-state index is -3.74. The lowest BCUT2D eigenvalue weighted by atomic mass is 10.2. The molecule has 0 radical (unpaired) electrons. The second-order valence-electron chi connectivity index (χ2n) is 5.06. The van der Waals surface area contributed by atoms with Crippen molar-refractivity contribution in [3.63, 3.8) is 0 Å². The highest BCUT2D eigenvalue weighted by molar-refractivity contribution is 7.89. The van der Waals surface area contributed by atoms with Crippen molar-refractivity contribution in [2.75, 3.05) is 7.05 Å². The molecule has 0 spiro atoms. The summed E-state index contributed by atoms with van der Waals surface area (Å²) in [5.41, 5.74) is 0.952. The van der Waals surface area contributed by atoms with Crippen molar-refractivity contribution < 1.29 is 13.2 Å². The molecule has 0 aliphatic rings. The van der Waals surface area contributed by atoms with Gasteiger partial charge in [-0.1, -0.05) is 47.5 Å². The van der Waals surface area contributed by atoms with Gasteiger partial charge in [0.05, 0.1) is 14.9 Å². The molecular formula is C16H15Cl2NO3S. The van der Waals surface area contributed by atoms with E-state index < -0.39 is 10.0 Å². The smallest absolute Gasteiger partial charge is 0.243 e. The molecule has 2 aromatic carbocycles. The summed E-state index contributed by atoms with van der Waals surface area (Å²) < 4.78 is 26.5. The van der Waals surface area contributed by atoms with Crippen LogP contribution in [0.25, 0.3) is 0 Å². The quantitative estimate of drug-likeness (QED) is 0.745. The lowest BCUT2D eigenvalue weighted by molar-refractivity contribution is 0.101. The third kappa shape index (κ3) is 3.93. The Hall–Kier alpha value is -1.40. The largest absolute Gasteiger partial charge is 0.295 e. The summed E-state index contributed by atoms with van der Waals surface area (Å²) in [6, 6.07) is 11.0. The summed E-state index contributed by atoms with van der Waals surface area (Å²) >= 11 is 12.0. The molecule has 0 N–H and O–H groups in total. The van der Waals surface area contributed by atoms with Gasteiger partial charge in [-0.05, 0) is 30.7 Å². The molecule has 23 heavy (non-hydrogen) atoms. The molecule has 2 aromatic rings. The number of carbonyl (C=O) groups excluding carboxylic acids is 1. The molecule has 0 saturated heterocycles. The van der Waals surface area contributed by atoms with Crippen molar-refractivity contribution in [3.8, 4) is 0 Å². The molecule has 0 unspecified atom stereocenters. The highest BCUT2D eigenvalue weighted by Gasteiger charge is 2.22. The van der Waals surface area contributed by atoms with Gasteiger partial charge in [0.25, 0.3) is 0 Å². The van der Waals surface area contributed by atoms with Crippen LogP contribution in [0.15, 0.2) is 47.4 Å². The number of hydrogen-bond donors (Lipinski definition) is 0. The van der Waals surface area contributed by atoms with Gasteiger partial charge in [-0.15, -0.1) is 0 Å². The van der Waals surface area contributed by atoms with Crippen LogP contribution in [0.4, 0.5) is 0 Å². The van der Waals surface area contributed by atoms with Crippen molar-refractivity contribution in [3.05, 3.63) is 63.6 Å². The average molecular weight is 372 g/mol. The summed E-state index contributed by atoms with van der Waals surface area (Å²) in [4.78, 5) is 11.5. The third-order valence-corrected chi connectivity index (χ3v) is 6.03. The Kier molecular flexibility index (Phi) is 5.47. The minimum Gasteiger partial charge on any atom is -0.295 e. The van der Waals surface area contributed by atoms with Gasteiger partial charge in [0.2, 0.25) is 10.0 Å². The van der Waals surface area contributed by atoms with E-state index in [1.165, 1.54) is 30.4 Å². The first kappa shape index (κ1) is 17.9. The standard InChI is InChI=1S/C16H15Cl2NO3S/c1-11(20)12-5-3-7-14(9-12)23(21,22)19(2)10-13-6-4-8-15(17)16(13)18/h3-9H,10H2,1-2H3. The molecule has 0 atom stereocenters. The lowest BCUT2D eigenvalue weighted by Gasteiger charge is -2.18. The van der Waals surface area contributed by atoms with E-state index in [4.69, 9.17) is 23.2 Å². The minimum absolute atomic E-state index is 0.0610. The van der Waals surface area contributed by atoms with E-state index in [1.807, 2.05) is 0 Å². The van der Waals surface area contributed by atoms with Gasteiger partial charge in [0, 0.05) is 19.2 Å². The Labute approximate surface area is 145 Å². The third-order valence-electron chi connectivity index (χ3n) is 3.37. The first-order valence-electron chi connectivity index (χ1n) is 6.73. The second-order valence-corrected chi connectivity index (χ2v) is 7.89. The van der Waals surface area contributed by atoms with E-state index in [2.05, 4.69) is 0 Å². The van der Waals surface area contributed by atoms with Gasteiger partial charge in [0.1, 0.15) is 0 Å². The molecule has 0 heterocycles. The van der Waals surface area contributed by atoms with Crippen LogP contribution in [0.5, 0.6) is 0 Å². The van der Waals surface area contributed by atoms with Gasteiger partial charge in [-0.3, -0.25) is 4.79 Å². The van der Waals surface area contributed by atoms with Crippen LogP contribution in [0.3, 0.4) is 0 Å². The number of benzene rings is 2. The zero-order valence-corrected chi connectivity index (χ0v) is 14.9. The summed E-state index contributed by atoms with van der Waals surface area (Å²) in [5.74, 6) is -0.192. The van der Waals surface area contributed by atoms with Crippen LogP contribution in [0.2, 0.25) is 10.0 Å². The SMILES string of the molecule is CC(=O)c1cccc(S(=O)(=O)N(C)Cc2cccc(Cl)c2Cl)c1. The molecule has 4 nitrogen and oxygen atoms in total. The van der Waals surface area contributed by atoms with E-state index >= 15 is 0 Å². The number of rotatable bonds is 5. The first-order chi connectivity index (χ1) is 10.7. The van der Waals surface area contributed by atoms with E-state index in [0.717, 1.165) is 0 Å². The normalized spacial score (nSPS) is 11.7. The summed E-state index contributed by atoms with van der Waals surface area (Å²) in [5, 5.41) is 0.697. The van der Waals surface area contributed by atoms with Crippen LogP contribution in [0, 0.1) is 0 Å². The van der Waals surface area contributed by atoms with Gasteiger partial charge < -0.3 is 0 Å². The molecule has 0 aliphatic carbocycles. The molecule has 122 valence electrons. The molecule has 0 amide bonds. The van der Waals surface area contributed by atoms with Crippen LogP contribution < -0.4 is 0 Å². The average Bonchev–Trinajstić information content (AvgIpc) is 2.51. The van der Waals surface area contributed by atoms with Crippen molar-refractivity contribution in [2.24, 2.45) is 0 Å². The molecule has 0 saturated carbocycles. The predicted octanol–water partition coefficient (Wildman–Crippen LogP) is 4.02. The number of halogens is 2. The molecule has 7 heteroatoms. The number of Topliss-reactive ketones (excluding diaryl/α,β-unsaturated/α-hetero) is 1. The van der Waals surface area contributed by atoms with Crippen LogP contribution >= 0.6 is 23.2 Å². The maximum absolute atomic E-state index is 12.6. The van der Waals surface area contributed by atoms with Crippen molar-refractivity contribution in [1.82, 2.24) is 4.31 Å². The Morgan fingerprint density at radius 3 is 2.43 bits per heavy atom. The number of sulfonamides is 1. The highest BCUT2D eigenvalue weighted by atomic mass is 35.5. The Balaban J connectivity index is 2.34. The second kappa shape index (κ2) is 7.01. The van der Waals surface area contributed by atoms with E-state index in [-0.39, 0.29) is 17.2 Å². The van der Waals surface area contributed by atoms with Crippen molar-refractivity contribution >= 4 is 39.0 Å².